The van der Waals surface area contributed by atoms with Crippen LogP contribution < -0.4 is 15.2 Å². The van der Waals surface area contributed by atoms with Crippen molar-refractivity contribution >= 4 is 38.9 Å². The average Bonchev–Trinajstić information content (AvgIpc) is 3.18. The van der Waals surface area contributed by atoms with E-state index in [0.29, 0.717) is 18.7 Å². The highest BCUT2D eigenvalue weighted by Gasteiger charge is 2.19. The predicted molar refractivity (Wildman–Crippen MR) is 122 cm³/mol. The van der Waals surface area contributed by atoms with Crippen LogP contribution in [-0.2, 0) is 16.4 Å². The van der Waals surface area contributed by atoms with E-state index in [4.69, 9.17) is 23.2 Å². The SMILES string of the molecule is O=c1c(Cl)c(Cl)cnn1-c1ccc(S(=O)(=O)NCCCN2CCc3ccccc32)cc1. The van der Waals surface area contributed by atoms with E-state index < -0.39 is 15.6 Å². The number of aromatic nitrogens is 2. The van der Waals surface area contributed by atoms with E-state index in [2.05, 4.69) is 26.9 Å². The second-order valence-corrected chi connectivity index (χ2v) is 9.69. The Kier molecular flexibility index (Phi) is 6.34. The van der Waals surface area contributed by atoms with Gasteiger partial charge in [-0.2, -0.15) is 9.78 Å². The molecule has 31 heavy (non-hydrogen) atoms. The first-order valence-electron chi connectivity index (χ1n) is 9.73. The summed E-state index contributed by atoms with van der Waals surface area (Å²) < 4.78 is 28.9. The van der Waals surface area contributed by atoms with Gasteiger partial charge in [-0.1, -0.05) is 41.4 Å². The summed E-state index contributed by atoms with van der Waals surface area (Å²) in [6, 6.07) is 14.1. The van der Waals surface area contributed by atoms with Gasteiger partial charge in [-0.15, -0.1) is 0 Å². The van der Waals surface area contributed by atoms with Crippen molar-refractivity contribution in [2.75, 3.05) is 24.5 Å². The zero-order valence-electron chi connectivity index (χ0n) is 16.5. The summed E-state index contributed by atoms with van der Waals surface area (Å²) in [6.07, 6.45) is 2.97. The third-order valence-corrected chi connectivity index (χ3v) is 7.37. The van der Waals surface area contributed by atoms with Crippen molar-refractivity contribution in [2.45, 2.75) is 17.7 Å². The fraction of sp³-hybridized carbons (Fsp3) is 0.238. The predicted octanol–water partition coefficient (Wildman–Crippen LogP) is 3.27. The van der Waals surface area contributed by atoms with Gasteiger partial charge in [0.05, 0.1) is 21.8 Å². The number of hydrogen-bond acceptors (Lipinski definition) is 5. The van der Waals surface area contributed by atoms with Gasteiger partial charge in [0.1, 0.15) is 5.02 Å². The maximum absolute atomic E-state index is 12.6. The summed E-state index contributed by atoms with van der Waals surface area (Å²) in [6.45, 7) is 2.07. The number of rotatable bonds is 7. The van der Waals surface area contributed by atoms with Crippen LogP contribution in [0.4, 0.5) is 5.69 Å². The van der Waals surface area contributed by atoms with Gasteiger partial charge in [0.15, 0.2) is 0 Å². The van der Waals surface area contributed by atoms with Gasteiger partial charge in [0, 0.05) is 25.3 Å². The summed E-state index contributed by atoms with van der Waals surface area (Å²) in [5.74, 6) is 0. The van der Waals surface area contributed by atoms with E-state index >= 15 is 0 Å². The van der Waals surface area contributed by atoms with Crippen molar-refractivity contribution in [3.05, 3.63) is 80.7 Å². The molecule has 1 aliphatic rings. The molecule has 162 valence electrons. The van der Waals surface area contributed by atoms with Gasteiger partial charge in [0.25, 0.3) is 5.56 Å². The minimum atomic E-state index is -3.66. The molecule has 0 saturated carbocycles. The van der Waals surface area contributed by atoms with Crippen LogP contribution in [0.5, 0.6) is 0 Å². The molecule has 0 saturated heterocycles. The molecule has 2 aromatic carbocycles. The van der Waals surface area contributed by atoms with Gasteiger partial charge < -0.3 is 4.90 Å². The maximum atomic E-state index is 12.6. The van der Waals surface area contributed by atoms with Crippen molar-refractivity contribution < 1.29 is 8.42 Å². The lowest BCUT2D eigenvalue weighted by Gasteiger charge is -2.19. The molecule has 0 bridgehead atoms. The molecule has 0 fully saturated rings. The van der Waals surface area contributed by atoms with E-state index in [-0.39, 0.29) is 14.9 Å². The number of fused-ring (bicyclic) bond motifs is 1. The summed E-state index contributed by atoms with van der Waals surface area (Å²) in [4.78, 5) is 14.6. The summed E-state index contributed by atoms with van der Waals surface area (Å²) >= 11 is 11.7. The fourth-order valence-corrected chi connectivity index (χ4v) is 4.89. The monoisotopic (exact) mass is 478 g/mol. The van der Waals surface area contributed by atoms with Crippen LogP contribution in [0.1, 0.15) is 12.0 Å². The lowest BCUT2D eigenvalue weighted by molar-refractivity contribution is 0.578. The Morgan fingerprint density at radius 3 is 2.58 bits per heavy atom. The lowest BCUT2D eigenvalue weighted by Crippen LogP contribution is -2.29. The highest BCUT2D eigenvalue weighted by molar-refractivity contribution is 7.89. The number of para-hydroxylation sites is 1. The van der Waals surface area contributed by atoms with Crippen LogP contribution in [0.25, 0.3) is 5.69 Å². The Morgan fingerprint density at radius 2 is 1.81 bits per heavy atom. The van der Waals surface area contributed by atoms with Crippen LogP contribution in [0, 0.1) is 0 Å². The van der Waals surface area contributed by atoms with Crippen LogP contribution >= 0.6 is 23.2 Å². The topological polar surface area (TPSA) is 84.3 Å². The van der Waals surface area contributed by atoms with E-state index in [0.717, 1.165) is 24.2 Å². The zero-order chi connectivity index (χ0) is 22.0. The van der Waals surface area contributed by atoms with E-state index in [1.807, 2.05) is 12.1 Å². The summed E-state index contributed by atoms with van der Waals surface area (Å²) in [5, 5.41) is 3.85. The molecule has 10 heteroatoms. The smallest absolute Gasteiger partial charge is 0.291 e. The molecule has 0 amide bonds. The van der Waals surface area contributed by atoms with Gasteiger partial charge in [-0.25, -0.2) is 13.1 Å². The number of benzene rings is 2. The van der Waals surface area contributed by atoms with Gasteiger partial charge in [-0.3, -0.25) is 4.79 Å². The van der Waals surface area contributed by atoms with Crippen molar-refractivity contribution in [2.24, 2.45) is 0 Å². The standard InChI is InChI=1S/C21H20Cl2N4O3S/c22-18-14-24-27(21(28)20(18)23)16-6-8-17(9-7-16)31(29,30)25-11-3-12-26-13-10-15-4-1-2-5-19(15)26/h1-2,4-9,14,25H,3,10-13H2. The first-order chi connectivity index (χ1) is 14.9. The molecule has 7 nitrogen and oxygen atoms in total. The van der Waals surface area contributed by atoms with Crippen molar-refractivity contribution in [3.8, 4) is 5.69 Å². The normalized spacial score (nSPS) is 13.4. The fourth-order valence-electron chi connectivity index (χ4n) is 3.56. The number of nitrogens with one attached hydrogen (secondary N) is 1. The van der Waals surface area contributed by atoms with Crippen LogP contribution in [0.2, 0.25) is 10.0 Å². The molecule has 3 aromatic rings. The minimum absolute atomic E-state index is 0.0590. The molecular weight excluding hydrogens is 459 g/mol. The Balaban J connectivity index is 1.37. The Labute approximate surface area is 190 Å². The Bertz CT molecular complexity index is 1260. The molecule has 0 atom stereocenters. The quantitative estimate of drug-likeness (QED) is 0.526. The van der Waals surface area contributed by atoms with Gasteiger partial charge in [-0.05, 0) is 48.7 Å². The summed E-state index contributed by atoms with van der Waals surface area (Å²) in [5.41, 5.74) is 2.37. The third-order valence-electron chi connectivity index (χ3n) is 5.15. The average molecular weight is 479 g/mol. The van der Waals surface area contributed by atoms with Crippen molar-refractivity contribution in [3.63, 3.8) is 0 Å². The van der Waals surface area contributed by atoms with Gasteiger partial charge in [0.2, 0.25) is 10.0 Å². The van der Waals surface area contributed by atoms with E-state index in [1.54, 1.807) is 0 Å². The lowest BCUT2D eigenvalue weighted by atomic mass is 10.2. The van der Waals surface area contributed by atoms with Crippen LogP contribution in [0.3, 0.4) is 0 Å². The second-order valence-electron chi connectivity index (χ2n) is 7.13. The van der Waals surface area contributed by atoms with Crippen LogP contribution in [-0.4, -0.2) is 37.8 Å². The Morgan fingerprint density at radius 1 is 1.06 bits per heavy atom. The maximum Gasteiger partial charge on any atom is 0.291 e. The Hall–Kier alpha value is -2.39. The number of sulfonamides is 1. The molecule has 2 heterocycles. The highest BCUT2D eigenvalue weighted by Crippen LogP contribution is 2.27. The molecule has 0 spiro atoms. The number of nitrogens with zero attached hydrogens (tertiary/aromatic N) is 3. The zero-order valence-corrected chi connectivity index (χ0v) is 18.8. The molecular formula is C21H20Cl2N4O3S. The van der Waals surface area contributed by atoms with Crippen molar-refractivity contribution in [1.29, 1.82) is 0 Å². The molecule has 0 aliphatic carbocycles. The minimum Gasteiger partial charge on any atom is -0.371 e. The van der Waals surface area contributed by atoms with Crippen LogP contribution in [0.15, 0.2) is 64.4 Å². The number of anilines is 1. The molecule has 0 radical (unpaired) electrons. The molecule has 4 rings (SSSR count). The largest absolute Gasteiger partial charge is 0.371 e. The molecule has 0 unspecified atom stereocenters. The third kappa shape index (κ3) is 4.62. The molecule has 1 aromatic heterocycles. The number of hydrogen-bond donors (Lipinski definition) is 1. The van der Waals surface area contributed by atoms with Gasteiger partial charge >= 0.3 is 0 Å². The summed E-state index contributed by atoms with van der Waals surface area (Å²) in [7, 11) is -3.66. The first kappa shape index (κ1) is 21.8. The molecule has 1 N–H and O–H groups in total. The van der Waals surface area contributed by atoms with E-state index in [1.165, 1.54) is 41.7 Å². The highest BCUT2D eigenvalue weighted by atomic mass is 35.5. The second kappa shape index (κ2) is 9.00. The van der Waals surface area contributed by atoms with E-state index in [9.17, 15) is 13.2 Å². The number of halogens is 2. The first-order valence-corrected chi connectivity index (χ1v) is 12.0. The molecule has 1 aliphatic heterocycles. The van der Waals surface area contributed by atoms with Crippen molar-refractivity contribution in [1.82, 2.24) is 14.5 Å².